The van der Waals surface area contributed by atoms with Gasteiger partial charge < -0.3 is 0 Å². The Bertz CT molecular complexity index is 746. The molecule has 0 saturated carbocycles. The van der Waals surface area contributed by atoms with Crippen LogP contribution in [0.5, 0.6) is 0 Å². The van der Waals surface area contributed by atoms with Gasteiger partial charge >= 0.3 is 151 Å². The van der Waals surface area contributed by atoms with Crippen LogP contribution in [0.2, 0.25) is 17.3 Å². The standard InChI is InChI=1S/C22H34GeN/c1-16-10-11-19(17(2)12-16)21-13-18(14-22(3,4)5)20(15-24(21)9)23(6,7)8/h10-13,15H,14H2,1-9H3/q+1. The van der Waals surface area contributed by atoms with Crippen LogP contribution in [0.15, 0.2) is 30.5 Å². The van der Waals surface area contributed by atoms with Crippen LogP contribution in [0.3, 0.4) is 0 Å². The summed E-state index contributed by atoms with van der Waals surface area (Å²) in [6.07, 6.45) is 3.57. The number of hydrogen-bond acceptors (Lipinski definition) is 0. The van der Waals surface area contributed by atoms with Gasteiger partial charge in [-0.25, -0.2) is 0 Å². The van der Waals surface area contributed by atoms with Gasteiger partial charge in [0.05, 0.1) is 0 Å². The van der Waals surface area contributed by atoms with Gasteiger partial charge in [-0.3, -0.25) is 0 Å². The van der Waals surface area contributed by atoms with E-state index in [1.54, 1.807) is 9.96 Å². The zero-order valence-electron chi connectivity index (χ0n) is 17.0. The van der Waals surface area contributed by atoms with Crippen LogP contribution in [-0.4, -0.2) is 13.3 Å². The summed E-state index contributed by atoms with van der Waals surface area (Å²) in [5, 5.41) is 0. The van der Waals surface area contributed by atoms with E-state index in [0.29, 0.717) is 5.41 Å². The fraction of sp³-hybridized carbons (Fsp3) is 0.500. The summed E-state index contributed by atoms with van der Waals surface area (Å²) in [5.41, 5.74) is 7.24. The van der Waals surface area contributed by atoms with Crippen LogP contribution in [0, 0.1) is 19.3 Å². The van der Waals surface area contributed by atoms with Crippen molar-refractivity contribution in [3.8, 4) is 11.3 Å². The van der Waals surface area contributed by atoms with Crippen LogP contribution in [0.25, 0.3) is 11.3 Å². The average Bonchev–Trinajstić information content (AvgIpc) is 2.38. The van der Waals surface area contributed by atoms with E-state index in [9.17, 15) is 0 Å². The van der Waals surface area contributed by atoms with Gasteiger partial charge in [-0.2, -0.15) is 0 Å². The van der Waals surface area contributed by atoms with Crippen molar-refractivity contribution in [3.05, 3.63) is 47.2 Å². The molecule has 0 amide bonds. The Morgan fingerprint density at radius 2 is 1.62 bits per heavy atom. The summed E-state index contributed by atoms with van der Waals surface area (Å²) in [6, 6.07) is 9.25. The van der Waals surface area contributed by atoms with Crippen LogP contribution in [0.1, 0.15) is 37.5 Å². The summed E-state index contributed by atoms with van der Waals surface area (Å²) in [4.78, 5) is 0. The molecule has 1 aromatic heterocycles. The van der Waals surface area contributed by atoms with E-state index in [0.717, 1.165) is 6.42 Å². The Kier molecular flexibility index (Phi) is 5.35. The van der Waals surface area contributed by atoms with Crippen LogP contribution >= 0.6 is 0 Å². The molecule has 0 bridgehead atoms. The third-order valence-electron chi connectivity index (χ3n) is 4.55. The first-order valence-electron chi connectivity index (χ1n) is 8.99. The van der Waals surface area contributed by atoms with Crippen molar-refractivity contribution >= 4 is 17.7 Å². The molecular weight excluding hydrogens is 351 g/mol. The van der Waals surface area contributed by atoms with E-state index in [1.807, 2.05) is 0 Å². The number of rotatable bonds is 3. The van der Waals surface area contributed by atoms with E-state index < -0.39 is 13.3 Å². The predicted molar refractivity (Wildman–Crippen MR) is 109 cm³/mol. The van der Waals surface area contributed by atoms with E-state index in [4.69, 9.17) is 0 Å². The third-order valence-corrected chi connectivity index (χ3v) is 8.88. The Labute approximate surface area is 151 Å². The van der Waals surface area contributed by atoms with Gasteiger partial charge in [-0.1, -0.05) is 0 Å². The predicted octanol–water partition coefficient (Wildman–Crippen LogP) is 4.93. The molecule has 0 aliphatic rings. The van der Waals surface area contributed by atoms with E-state index >= 15 is 0 Å². The van der Waals surface area contributed by atoms with Crippen molar-refractivity contribution in [2.24, 2.45) is 12.5 Å². The molecule has 1 aromatic carbocycles. The summed E-state index contributed by atoms with van der Waals surface area (Å²) >= 11 is -1.91. The third kappa shape index (κ3) is 4.50. The fourth-order valence-electron chi connectivity index (χ4n) is 3.45. The monoisotopic (exact) mass is 386 g/mol. The maximum absolute atomic E-state index is 2.50. The van der Waals surface area contributed by atoms with E-state index in [-0.39, 0.29) is 0 Å². The van der Waals surface area contributed by atoms with Gasteiger partial charge in [0.25, 0.3) is 0 Å². The van der Waals surface area contributed by atoms with Crippen LogP contribution in [-0.2, 0) is 13.5 Å². The molecule has 24 heavy (non-hydrogen) atoms. The molecule has 2 heteroatoms. The summed E-state index contributed by atoms with van der Waals surface area (Å²) in [7, 11) is 2.20. The Balaban J connectivity index is 2.68. The molecule has 1 nitrogen and oxygen atoms in total. The molecule has 0 spiro atoms. The van der Waals surface area contributed by atoms with E-state index in [2.05, 4.69) is 94.0 Å². The second-order valence-corrected chi connectivity index (χ2v) is 20.1. The molecule has 2 aromatic rings. The number of aromatic nitrogens is 1. The minimum absolute atomic E-state index is 0.307. The Hall–Kier alpha value is -1.09. The van der Waals surface area contributed by atoms with Gasteiger partial charge in [-0.05, 0) is 0 Å². The molecule has 1 heterocycles. The molecule has 0 radical (unpaired) electrons. The average molecular weight is 385 g/mol. The number of benzene rings is 1. The van der Waals surface area contributed by atoms with Gasteiger partial charge in [-0.15, -0.1) is 0 Å². The fourth-order valence-corrected chi connectivity index (χ4v) is 7.03. The van der Waals surface area contributed by atoms with Crippen LogP contribution in [0.4, 0.5) is 0 Å². The molecule has 0 aliphatic carbocycles. The van der Waals surface area contributed by atoms with Crippen molar-refractivity contribution in [2.45, 2.75) is 58.3 Å². The molecule has 0 unspecified atom stereocenters. The van der Waals surface area contributed by atoms with Gasteiger partial charge in [0, 0.05) is 0 Å². The molecule has 2 rings (SSSR count). The van der Waals surface area contributed by atoms with Crippen molar-refractivity contribution in [1.82, 2.24) is 0 Å². The minimum atomic E-state index is -1.91. The van der Waals surface area contributed by atoms with Crippen molar-refractivity contribution in [1.29, 1.82) is 0 Å². The first-order chi connectivity index (χ1) is 10.9. The molecule has 0 atom stereocenters. The number of aryl methyl sites for hydroxylation is 3. The normalized spacial score (nSPS) is 12.5. The van der Waals surface area contributed by atoms with Gasteiger partial charge in [0.2, 0.25) is 0 Å². The van der Waals surface area contributed by atoms with Crippen LogP contribution < -0.4 is 8.96 Å². The van der Waals surface area contributed by atoms with Crippen molar-refractivity contribution in [3.63, 3.8) is 0 Å². The first kappa shape index (κ1) is 19.2. The molecule has 0 N–H and O–H groups in total. The zero-order chi connectivity index (χ0) is 18.3. The van der Waals surface area contributed by atoms with Crippen molar-refractivity contribution < 1.29 is 4.57 Å². The number of hydrogen-bond donors (Lipinski definition) is 0. The maximum atomic E-state index is 2.50. The molecular formula is C22H34GeN+. The van der Waals surface area contributed by atoms with E-state index in [1.165, 1.54) is 22.4 Å². The Morgan fingerprint density at radius 3 is 2.12 bits per heavy atom. The summed E-state index contributed by atoms with van der Waals surface area (Å²) in [5.74, 6) is 7.49. The quantitative estimate of drug-likeness (QED) is 0.521. The SMILES string of the molecule is Cc1ccc(-c2cc(CC(C)(C)C)[c]([Ge]([CH3])([CH3])[CH3])c[n+]2C)c(C)c1. The first-order valence-corrected chi connectivity index (χ1v) is 16.3. The zero-order valence-corrected chi connectivity index (χ0v) is 19.1. The number of pyridine rings is 1. The summed E-state index contributed by atoms with van der Waals surface area (Å²) in [6.45, 7) is 11.4. The van der Waals surface area contributed by atoms with Gasteiger partial charge in [0.1, 0.15) is 0 Å². The van der Waals surface area contributed by atoms with Crippen molar-refractivity contribution in [2.75, 3.05) is 0 Å². The summed E-state index contributed by atoms with van der Waals surface area (Å²) < 4.78 is 3.98. The molecule has 130 valence electrons. The van der Waals surface area contributed by atoms with Gasteiger partial charge in [0.15, 0.2) is 0 Å². The Morgan fingerprint density at radius 1 is 1.00 bits per heavy atom. The number of nitrogens with zero attached hydrogens (tertiary/aromatic N) is 1. The second kappa shape index (κ2) is 6.67. The molecule has 0 fully saturated rings. The molecule has 0 aliphatic heterocycles. The second-order valence-electron chi connectivity index (χ2n) is 9.51. The topological polar surface area (TPSA) is 3.88 Å². The molecule has 0 saturated heterocycles.